The number of methoxy groups -OCH3 is 1. The standard InChI is InChI=1S/C17H20N2O3S/c1-18(11-13-4-7-16(23-3)8-5-13)12-14-10-15(19(20)21)6-9-17(14)22-2/h4-10H,11-12H2,1-3H3. The van der Waals surface area contributed by atoms with Crippen molar-refractivity contribution in [2.24, 2.45) is 0 Å². The van der Waals surface area contributed by atoms with Crippen LogP contribution < -0.4 is 4.74 Å². The first-order chi connectivity index (χ1) is 11.0. The van der Waals surface area contributed by atoms with Crippen molar-refractivity contribution >= 4 is 17.4 Å². The molecule has 0 aliphatic rings. The van der Waals surface area contributed by atoms with Gasteiger partial charge in [-0.1, -0.05) is 12.1 Å². The number of ether oxygens (including phenoxy) is 1. The van der Waals surface area contributed by atoms with Crippen LogP contribution in [0, 0.1) is 10.1 Å². The van der Waals surface area contributed by atoms with E-state index in [9.17, 15) is 10.1 Å². The molecule has 0 heterocycles. The molecule has 5 nitrogen and oxygen atoms in total. The molecule has 0 amide bonds. The Morgan fingerprint density at radius 1 is 1.17 bits per heavy atom. The fourth-order valence-electron chi connectivity index (χ4n) is 2.39. The van der Waals surface area contributed by atoms with E-state index in [1.807, 2.05) is 7.05 Å². The molecule has 0 radical (unpaired) electrons. The van der Waals surface area contributed by atoms with Crippen LogP contribution in [0.2, 0.25) is 0 Å². The van der Waals surface area contributed by atoms with E-state index in [-0.39, 0.29) is 10.6 Å². The molecule has 0 spiro atoms. The molecule has 0 aliphatic carbocycles. The van der Waals surface area contributed by atoms with Gasteiger partial charge in [0.1, 0.15) is 5.75 Å². The lowest BCUT2D eigenvalue weighted by Gasteiger charge is -2.18. The molecule has 0 aliphatic heterocycles. The SMILES string of the molecule is COc1ccc([N+](=O)[O-])cc1CN(C)Cc1ccc(SC)cc1. The zero-order chi connectivity index (χ0) is 16.8. The van der Waals surface area contributed by atoms with Crippen LogP contribution in [0.1, 0.15) is 11.1 Å². The molecule has 122 valence electrons. The van der Waals surface area contributed by atoms with Gasteiger partial charge in [-0.3, -0.25) is 15.0 Å². The molecule has 2 aromatic rings. The van der Waals surface area contributed by atoms with E-state index in [1.54, 1.807) is 31.0 Å². The fourth-order valence-corrected chi connectivity index (χ4v) is 2.80. The highest BCUT2D eigenvalue weighted by Gasteiger charge is 2.13. The first kappa shape index (κ1) is 17.3. The smallest absolute Gasteiger partial charge is 0.270 e. The monoisotopic (exact) mass is 332 g/mol. The van der Waals surface area contributed by atoms with Crippen molar-refractivity contribution in [3.8, 4) is 5.75 Å². The summed E-state index contributed by atoms with van der Waals surface area (Å²) >= 11 is 1.71. The third-order valence-corrected chi connectivity index (χ3v) is 4.27. The molecule has 2 rings (SSSR count). The lowest BCUT2D eigenvalue weighted by atomic mass is 10.1. The van der Waals surface area contributed by atoms with Crippen LogP contribution in [0.15, 0.2) is 47.4 Å². The largest absolute Gasteiger partial charge is 0.496 e. The molecule has 0 bridgehead atoms. The van der Waals surface area contributed by atoms with Gasteiger partial charge in [-0.25, -0.2) is 0 Å². The van der Waals surface area contributed by atoms with E-state index >= 15 is 0 Å². The Hall–Kier alpha value is -2.05. The highest BCUT2D eigenvalue weighted by Crippen LogP contribution is 2.25. The van der Waals surface area contributed by atoms with Crippen LogP contribution in [0.5, 0.6) is 5.75 Å². The Kier molecular flexibility index (Phi) is 6.01. The van der Waals surface area contributed by atoms with Gasteiger partial charge in [0, 0.05) is 35.7 Å². The van der Waals surface area contributed by atoms with Crippen molar-refractivity contribution in [2.75, 3.05) is 20.4 Å². The Balaban J connectivity index is 2.10. The number of hydrogen-bond acceptors (Lipinski definition) is 5. The van der Waals surface area contributed by atoms with Gasteiger partial charge < -0.3 is 4.74 Å². The lowest BCUT2D eigenvalue weighted by molar-refractivity contribution is -0.384. The molecule has 0 saturated heterocycles. The van der Waals surface area contributed by atoms with Crippen LogP contribution in [0.4, 0.5) is 5.69 Å². The number of nitro benzene ring substituents is 1. The Morgan fingerprint density at radius 3 is 2.43 bits per heavy atom. The summed E-state index contributed by atoms with van der Waals surface area (Å²) in [7, 11) is 3.56. The number of nitro groups is 1. The minimum absolute atomic E-state index is 0.0820. The molecular formula is C17H20N2O3S. The minimum Gasteiger partial charge on any atom is -0.496 e. The van der Waals surface area contributed by atoms with Gasteiger partial charge in [0.05, 0.1) is 12.0 Å². The van der Waals surface area contributed by atoms with E-state index in [0.717, 1.165) is 12.1 Å². The van der Waals surface area contributed by atoms with Crippen LogP contribution in [0.3, 0.4) is 0 Å². The quantitative estimate of drug-likeness (QED) is 0.436. The Bertz CT molecular complexity index is 674. The predicted molar refractivity (Wildman–Crippen MR) is 93.0 cm³/mol. The van der Waals surface area contributed by atoms with Gasteiger partial charge in [-0.15, -0.1) is 11.8 Å². The van der Waals surface area contributed by atoms with E-state index in [2.05, 4.69) is 35.4 Å². The van der Waals surface area contributed by atoms with E-state index < -0.39 is 0 Å². The number of non-ortho nitro benzene ring substituents is 1. The first-order valence-corrected chi connectivity index (χ1v) is 8.38. The van der Waals surface area contributed by atoms with Crippen molar-refractivity contribution in [3.63, 3.8) is 0 Å². The summed E-state index contributed by atoms with van der Waals surface area (Å²) in [4.78, 5) is 13.9. The van der Waals surface area contributed by atoms with Crippen molar-refractivity contribution < 1.29 is 9.66 Å². The normalized spacial score (nSPS) is 10.8. The molecule has 0 N–H and O–H groups in total. The highest BCUT2D eigenvalue weighted by molar-refractivity contribution is 7.98. The summed E-state index contributed by atoms with van der Waals surface area (Å²) in [6, 6.07) is 13.1. The first-order valence-electron chi connectivity index (χ1n) is 7.16. The van der Waals surface area contributed by atoms with Gasteiger partial charge in [-0.05, 0) is 37.1 Å². The number of benzene rings is 2. The minimum atomic E-state index is -0.385. The summed E-state index contributed by atoms with van der Waals surface area (Å²) in [5.41, 5.74) is 2.10. The average molecular weight is 332 g/mol. The van der Waals surface area contributed by atoms with Crippen LogP contribution in [-0.2, 0) is 13.1 Å². The summed E-state index contributed by atoms with van der Waals surface area (Å²) < 4.78 is 5.31. The molecule has 2 aromatic carbocycles. The lowest BCUT2D eigenvalue weighted by Crippen LogP contribution is -2.17. The second kappa shape index (κ2) is 7.99. The molecule has 0 saturated carbocycles. The van der Waals surface area contributed by atoms with Gasteiger partial charge in [0.15, 0.2) is 0 Å². The topological polar surface area (TPSA) is 55.6 Å². The highest BCUT2D eigenvalue weighted by atomic mass is 32.2. The molecule has 0 atom stereocenters. The molecule has 23 heavy (non-hydrogen) atoms. The maximum Gasteiger partial charge on any atom is 0.270 e. The zero-order valence-corrected chi connectivity index (χ0v) is 14.3. The summed E-state index contributed by atoms with van der Waals surface area (Å²) in [6.45, 7) is 1.34. The van der Waals surface area contributed by atoms with Crippen molar-refractivity contribution in [1.82, 2.24) is 4.90 Å². The summed E-state index contributed by atoms with van der Waals surface area (Å²) in [5, 5.41) is 10.9. The van der Waals surface area contributed by atoms with Gasteiger partial charge in [-0.2, -0.15) is 0 Å². The molecule has 6 heteroatoms. The van der Waals surface area contributed by atoms with Crippen molar-refractivity contribution in [1.29, 1.82) is 0 Å². The second-order valence-electron chi connectivity index (χ2n) is 5.27. The van der Waals surface area contributed by atoms with E-state index in [0.29, 0.717) is 12.3 Å². The number of rotatable bonds is 7. The summed E-state index contributed by atoms with van der Waals surface area (Å²) in [6.07, 6.45) is 2.05. The molecule has 0 aromatic heterocycles. The van der Waals surface area contributed by atoms with Gasteiger partial charge >= 0.3 is 0 Å². The summed E-state index contributed by atoms with van der Waals surface area (Å²) in [5.74, 6) is 0.667. The number of thioether (sulfide) groups is 1. The Labute approximate surface area is 140 Å². The molecule has 0 fully saturated rings. The average Bonchev–Trinajstić information content (AvgIpc) is 2.55. The Morgan fingerprint density at radius 2 is 1.87 bits per heavy atom. The van der Waals surface area contributed by atoms with Crippen molar-refractivity contribution in [2.45, 2.75) is 18.0 Å². The third-order valence-electron chi connectivity index (χ3n) is 3.53. The van der Waals surface area contributed by atoms with Gasteiger partial charge in [0.2, 0.25) is 0 Å². The zero-order valence-electron chi connectivity index (χ0n) is 13.5. The maximum atomic E-state index is 10.9. The van der Waals surface area contributed by atoms with Crippen LogP contribution in [-0.4, -0.2) is 30.2 Å². The van der Waals surface area contributed by atoms with Crippen LogP contribution >= 0.6 is 11.8 Å². The predicted octanol–water partition coefficient (Wildman–Crippen LogP) is 3.96. The maximum absolute atomic E-state index is 10.9. The third kappa shape index (κ3) is 4.71. The van der Waals surface area contributed by atoms with Crippen LogP contribution in [0.25, 0.3) is 0 Å². The van der Waals surface area contributed by atoms with E-state index in [4.69, 9.17) is 4.74 Å². The van der Waals surface area contributed by atoms with E-state index in [1.165, 1.54) is 16.5 Å². The second-order valence-corrected chi connectivity index (χ2v) is 6.15. The van der Waals surface area contributed by atoms with Crippen molar-refractivity contribution in [3.05, 3.63) is 63.7 Å². The molecular weight excluding hydrogens is 312 g/mol. The number of nitrogens with zero attached hydrogens (tertiary/aromatic N) is 2. The van der Waals surface area contributed by atoms with Gasteiger partial charge in [0.25, 0.3) is 5.69 Å². The molecule has 0 unspecified atom stereocenters. The fraction of sp³-hybridized carbons (Fsp3) is 0.294. The number of hydrogen-bond donors (Lipinski definition) is 0.